The van der Waals surface area contributed by atoms with E-state index in [0.29, 0.717) is 12.5 Å². The molecule has 0 amide bonds. The van der Waals surface area contributed by atoms with Gasteiger partial charge >= 0.3 is 0 Å². The largest absolute Gasteiger partial charge is 0.490 e. The second kappa shape index (κ2) is 6.28. The molecule has 20 heavy (non-hydrogen) atoms. The highest BCUT2D eigenvalue weighted by atomic mass is 16.5. The van der Waals surface area contributed by atoms with Gasteiger partial charge in [-0.25, -0.2) is 0 Å². The first kappa shape index (κ1) is 14.9. The maximum atomic E-state index is 9.41. The van der Waals surface area contributed by atoms with Crippen molar-refractivity contribution < 1.29 is 4.74 Å². The van der Waals surface area contributed by atoms with Crippen LogP contribution in [0.4, 0.5) is 0 Å². The summed E-state index contributed by atoms with van der Waals surface area (Å²) in [4.78, 5) is 0. The first-order valence-electron chi connectivity index (χ1n) is 7.50. The van der Waals surface area contributed by atoms with E-state index in [0.717, 1.165) is 12.2 Å². The lowest BCUT2D eigenvalue weighted by Gasteiger charge is -2.27. The van der Waals surface area contributed by atoms with E-state index >= 15 is 0 Å². The van der Waals surface area contributed by atoms with Crippen LogP contribution < -0.4 is 10.1 Å². The van der Waals surface area contributed by atoms with Gasteiger partial charge in [0.25, 0.3) is 0 Å². The number of benzene rings is 1. The quantitative estimate of drug-likeness (QED) is 0.827. The lowest BCUT2D eigenvalue weighted by atomic mass is 9.96. The Hall–Kier alpha value is -1.53. The Morgan fingerprint density at radius 2 is 2.15 bits per heavy atom. The summed E-state index contributed by atoms with van der Waals surface area (Å²) < 4.78 is 6.04. The molecule has 1 aromatic rings. The van der Waals surface area contributed by atoms with E-state index in [4.69, 9.17) is 4.74 Å². The van der Waals surface area contributed by atoms with Gasteiger partial charge in [-0.15, -0.1) is 0 Å². The average molecular weight is 272 g/mol. The van der Waals surface area contributed by atoms with Crippen LogP contribution in [0.5, 0.6) is 5.75 Å². The predicted octanol–water partition coefficient (Wildman–Crippen LogP) is 3.44. The number of nitriles is 1. The zero-order valence-electron chi connectivity index (χ0n) is 12.6. The van der Waals surface area contributed by atoms with Gasteiger partial charge in [0.1, 0.15) is 11.3 Å². The lowest BCUT2D eigenvalue weighted by Crippen LogP contribution is -2.45. The number of nitrogens with zero attached hydrogens (tertiary/aromatic N) is 1. The van der Waals surface area contributed by atoms with Gasteiger partial charge in [-0.3, -0.25) is 5.32 Å². The van der Waals surface area contributed by atoms with E-state index < -0.39 is 5.54 Å². The molecule has 0 heterocycles. The van der Waals surface area contributed by atoms with Crippen LogP contribution in [0.25, 0.3) is 0 Å². The third-order valence-corrected chi connectivity index (χ3v) is 3.72. The van der Waals surface area contributed by atoms with Gasteiger partial charge in [-0.05, 0) is 44.7 Å². The SMILES string of the molecule is CCc1ccccc1OC(C)CC(C)(C#N)NC1CC1. The molecule has 3 heteroatoms. The normalized spacial score (nSPS) is 18.9. The van der Waals surface area contributed by atoms with Crippen molar-refractivity contribution in [3.63, 3.8) is 0 Å². The fourth-order valence-corrected chi connectivity index (χ4v) is 2.56. The molecule has 2 rings (SSSR count). The molecule has 0 spiro atoms. The molecule has 1 N–H and O–H groups in total. The first-order chi connectivity index (χ1) is 9.56. The topological polar surface area (TPSA) is 45.0 Å². The summed E-state index contributed by atoms with van der Waals surface area (Å²) in [5.74, 6) is 0.939. The number of aryl methyl sites for hydroxylation is 1. The molecular weight excluding hydrogens is 248 g/mol. The molecule has 1 saturated carbocycles. The second-order valence-corrected chi connectivity index (χ2v) is 5.96. The molecule has 0 radical (unpaired) electrons. The second-order valence-electron chi connectivity index (χ2n) is 5.96. The number of ether oxygens (including phenoxy) is 1. The molecule has 0 aliphatic heterocycles. The summed E-state index contributed by atoms with van der Waals surface area (Å²) in [6.07, 6.45) is 4.03. The van der Waals surface area contributed by atoms with Crippen LogP contribution in [0.1, 0.15) is 45.6 Å². The van der Waals surface area contributed by atoms with Gasteiger partial charge in [0.2, 0.25) is 0 Å². The first-order valence-corrected chi connectivity index (χ1v) is 7.50. The molecule has 1 aromatic carbocycles. The van der Waals surface area contributed by atoms with Crippen molar-refractivity contribution in [2.24, 2.45) is 0 Å². The number of hydrogen-bond acceptors (Lipinski definition) is 3. The maximum Gasteiger partial charge on any atom is 0.122 e. The predicted molar refractivity (Wildman–Crippen MR) is 80.7 cm³/mol. The molecule has 1 fully saturated rings. The summed E-state index contributed by atoms with van der Waals surface area (Å²) in [6.45, 7) is 6.13. The van der Waals surface area contributed by atoms with E-state index in [2.05, 4.69) is 24.4 Å². The fraction of sp³-hybridized carbons (Fsp3) is 0.588. The van der Waals surface area contributed by atoms with Crippen molar-refractivity contribution in [2.75, 3.05) is 0 Å². The molecule has 0 bridgehead atoms. The Kier molecular flexibility index (Phi) is 4.67. The van der Waals surface area contributed by atoms with E-state index in [1.807, 2.05) is 32.0 Å². The molecule has 2 atom stereocenters. The van der Waals surface area contributed by atoms with E-state index in [1.165, 1.54) is 18.4 Å². The maximum absolute atomic E-state index is 9.41. The highest BCUT2D eigenvalue weighted by Crippen LogP contribution is 2.26. The van der Waals surface area contributed by atoms with Crippen molar-refractivity contribution in [1.82, 2.24) is 5.32 Å². The van der Waals surface area contributed by atoms with Crippen LogP contribution >= 0.6 is 0 Å². The van der Waals surface area contributed by atoms with Gasteiger partial charge in [-0.1, -0.05) is 25.1 Å². The molecule has 2 unspecified atom stereocenters. The molecule has 0 saturated heterocycles. The van der Waals surface area contributed by atoms with Crippen molar-refractivity contribution >= 4 is 0 Å². The van der Waals surface area contributed by atoms with Crippen LogP contribution in [-0.2, 0) is 6.42 Å². The standard InChI is InChI=1S/C17H24N2O/c1-4-14-7-5-6-8-16(14)20-13(2)11-17(3,12-18)19-15-9-10-15/h5-8,13,15,19H,4,9-11H2,1-3H3. The lowest BCUT2D eigenvalue weighted by molar-refractivity contribution is 0.177. The molecule has 1 aliphatic rings. The van der Waals surface area contributed by atoms with Gasteiger partial charge < -0.3 is 4.74 Å². The van der Waals surface area contributed by atoms with Gasteiger partial charge in [-0.2, -0.15) is 5.26 Å². The molecule has 3 nitrogen and oxygen atoms in total. The Morgan fingerprint density at radius 1 is 1.45 bits per heavy atom. The van der Waals surface area contributed by atoms with E-state index in [1.54, 1.807) is 0 Å². The summed E-state index contributed by atoms with van der Waals surface area (Å²) in [5, 5.41) is 12.8. The third-order valence-electron chi connectivity index (χ3n) is 3.72. The van der Waals surface area contributed by atoms with Crippen molar-refractivity contribution in [1.29, 1.82) is 5.26 Å². The average Bonchev–Trinajstić information content (AvgIpc) is 3.22. The van der Waals surface area contributed by atoms with Crippen LogP contribution in [0.2, 0.25) is 0 Å². The highest BCUT2D eigenvalue weighted by molar-refractivity contribution is 5.33. The molecule has 1 aliphatic carbocycles. The minimum atomic E-state index is -0.498. The molecule has 0 aromatic heterocycles. The Balaban J connectivity index is 1.97. The molecular formula is C17H24N2O. The van der Waals surface area contributed by atoms with E-state index in [-0.39, 0.29) is 6.10 Å². The summed E-state index contributed by atoms with van der Waals surface area (Å²) in [5.41, 5.74) is 0.718. The van der Waals surface area contributed by atoms with Crippen molar-refractivity contribution in [3.05, 3.63) is 29.8 Å². The number of rotatable bonds is 7. The third kappa shape index (κ3) is 3.98. The number of nitrogens with one attached hydrogen (secondary N) is 1. The van der Waals surface area contributed by atoms with Crippen LogP contribution in [0.15, 0.2) is 24.3 Å². The Labute approximate surface area is 121 Å². The number of hydrogen-bond donors (Lipinski definition) is 1. The summed E-state index contributed by atoms with van der Waals surface area (Å²) in [7, 11) is 0. The summed E-state index contributed by atoms with van der Waals surface area (Å²) in [6, 6.07) is 11.1. The van der Waals surface area contributed by atoms with Crippen molar-refractivity contribution in [3.8, 4) is 11.8 Å². The molecule has 108 valence electrons. The smallest absolute Gasteiger partial charge is 0.122 e. The zero-order chi connectivity index (χ0) is 14.6. The Bertz CT molecular complexity index is 490. The van der Waals surface area contributed by atoms with Gasteiger partial charge in [0.15, 0.2) is 0 Å². The zero-order valence-corrected chi connectivity index (χ0v) is 12.6. The minimum Gasteiger partial charge on any atom is -0.490 e. The van der Waals surface area contributed by atoms with Crippen LogP contribution in [0, 0.1) is 11.3 Å². The monoisotopic (exact) mass is 272 g/mol. The Morgan fingerprint density at radius 3 is 2.75 bits per heavy atom. The van der Waals surface area contributed by atoms with E-state index in [9.17, 15) is 5.26 Å². The number of para-hydroxylation sites is 1. The van der Waals surface area contributed by atoms with Gasteiger partial charge in [0, 0.05) is 12.5 Å². The minimum absolute atomic E-state index is 0.0126. The fourth-order valence-electron chi connectivity index (χ4n) is 2.56. The highest BCUT2D eigenvalue weighted by Gasteiger charge is 2.34. The van der Waals surface area contributed by atoms with Crippen LogP contribution in [0.3, 0.4) is 0 Å². The van der Waals surface area contributed by atoms with Gasteiger partial charge in [0.05, 0.1) is 12.2 Å². The van der Waals surface area contributed by atoms with Crippen molar-refractivity contribution in [2.45, 2.75) is 64.1 Å². The van der Waals surface area contributed by atoms with Crippen LogP contribution in [-0.4, -0.2) is 17.7 Å². The summed E-state index contributed by atoms with van der Waals surface area (Å²) >= 11 is 0.